The molecule has 0 heterocycles. The maximum Gasteiger partial charge on any atom is 0.331 e. The molecule has 0 aliphatic rings. The Balaban J connectivity index is 4.59. The van der Waals surface area contributed by atoms with E-state index in [-0.39, 0.29) is 11.4 Å². The van der Waals surface area contributed by atoms with Gasteiger partial charge in [0, 0.05) is 6.08 Å². The Morgan fingerprint density at radius 1 is 1.19 bits per heavy atom. The highest BCUT2D eigenvalue weighted by molar-refractivity contribution is 5.83. The molecule has 0 aromatic rings. The fraction of sp³-hybridized carbons (Fsp3) is 0.786. The van der Waals surface area contributed by atoms with Crippen LogP contribution in [0.5, 0.6) is 0 Å². The first-order valence-corrected chi connectivity index (χ1v) is 6.00. The highest BCUT2D eigenvalue weighted by atomic mass is 16.6. The highest BCUT2D eigenvalue weighted by Gasteiger charge is 2.21. The van der Waals surface area contributed by atoms with Gasteiger partial charge in [0.1, 0.15) is 5.60 Å². The maximum absolute atomic E-state index is 11.6. The molecule has 0 aliphatic heterocycles. The van der Waals surface area contributed by atoms with Gasteiger partial charge in [0.2, 0.25) is 0 Å². The second-order valence-electron chi connectivity index (χ2n) is 5.99. The first-order chi connectivity index (χ1) is 7.08. The van der Waals surface area contributed by atoms with Crippen molar-refractivity contribution in [2.24, 2.45) is 5.41 Å². The molecule has 0 radical (unpaired) electrons. The van der Waals surface area contributed by atoms with E-state index in [1.165, 1.54) is 0 Å². The van der Waals surface area contributed by atoms with E-state index in [1.54, 1.807) is 6.08 Å². The van der Waals surface area contributed by atoms with Crippen LogP contribution in [0.15, 0.2) is 11.6 Å². The van der Waals surface area contributed by atoms with E-state index < -0.39 is 5.60 Å². The van der Waals surface area contributed by atoms with E-state index in [1.807, 2.05) is 27.7 Å². The second-order valence-corrected chi connectivity index (χ2v) is 5.99. The zero-order valence-electron chi connectivity index (χ0n) is 11.8. The summed E-state index contributed by atoms with van der Waals surface area (Å²) in [6.07, 6.45) is 3.82. The lowest BCUT2D eigenvalue weighted by molar-refractivity contribution is -0.148. The number of hydrogen-bond donors (Lipinski definition) is 0. The molecule has 0 fully saturated rings. The minimum atomic E-state index is -0.414. The number of carbonyl (C=O) groups excluding carboxylic acids is 1. The van der Waals surface area contributed by atoms with Crippen LogP contribution >= 0.6 is 0 Å². The molecule has 94 valence electrons. The van der Waals surface area contributed by atoms with Gasteiger partial charge >= 0.3 is 5.97 Å². The van der Waals surface area contributed by atoms with Gasteiger partial charge in [-0.1, -0.05) is 32.8 Å². The number of rotatable bonds is 4. The predicted molar refractivity (Wildman–Crippen MR) is 68.3 cm³/mol. The Bertz CT molecular complexity index is 267. The van der Waals surface area contributed by atoms with E-state index in [2.05, 4.69) is 20.8 Å². The third-order valence-corrected chi connectivity index (χ3v) is 2.68. The van der Waals surface area contributed by atoms with Gasteiger partial charge in [0.25, 0.3) is 0 Å². The molecular formula is C14H26O2. The van der Waals surface area contributed by atoms with E-state index >= 15 is 0 Å². The van der Waals surface area contributed by atoms with Crippen LogP contribution in [0.25, 0.3) is 0 Å². The number of carbonyl (C=O) groups is 1. The number of ether oxygens (including phenoxy) is 1. The highest BCUT2D eigenvalue weighted by Crippen LogP contribution is 2.31. The summed E-state index contributed by atoms with van der Waals surface area (Å²) >= 11 is 0. The fourth-order valence-corrected chi connectivity index (χ4v) is 1.53. The topological polar surface area (TPSA) is 26.3 Å². The molecule has 0 aliphatic carbocycles. The van der Waals surface area contributed by atoms with E-state index in [0.29, 0.717) is 0 Å². The van der Waals surface area contributed by atoms with Crippen LogP contribution in [0.2, 0.25) is 0 Å². The van der Waals surface area contributed by atoms with Crippen molar-refractivity contribution < 1.29 is 9.53 Å². The molecule has 0 aromatic heterocycles. The van der Waals surface area contributed by atoms with Gasteiger partial charge in [-0.05, 0) is 39.5 Å². The van der Waals surface area contributed by atoms with Crippen molar-refractivity contribution in [3.05, 3.63) is 11.6 Å². The lowest BCUT2D eigenvalue weighted by Crippen LogP contribution is -2.23. The molecular weight excluding hydrogens is 200 g/mol. The van der Waals surface area contributed by atoms with Crippen molar-refractivity contribution in [3.8, 4) is 0 Å². The Kier molecular flexibility index (Phi) is 5.24. The molecule has 0 saturated carbocycles. The third kappa shape index (κ3) is 5.94. The second kappa shape index (κ2) is 5.51. The zero-order valence-corrected chi connectivity index (χ0v) is 11.8. The molecule has 0 atom stereocenters. The van der Waals surface area contributed by atoms with Crippen molar-refractivity contribution in [1.82, 2.24) is 0 Å². The van der Waals surface area contributed by atoms with Crippen LogP contribution in [0.3, 0.4) is 0 Å². The molecule has 0 rings (SSSR count). The van der Waals surface area contributed by atoms with E-state index in [0.717, 1.165) is 18.4 Å². The van der Waals surface area contributed by atoms with Crippen LogP contribution in [-0.4, -0.2) is 11.6 Å². The molecule has 0 bridgehead atoms. The van der Waals surface area contributed by atoms with Crippen molar-refractivity contribution in [3.63, 3.8) is 0 Å². The number of hydrogen-bond acceptors (Lipinski definition) is 2. The summed E-state index contributed by atoms with van der Waals surface area (Å²) in [5, 5.41) is 0. The van der Waals surface area contributed by atoms with Crippen molar-refractivity contribution >= 4 is 5.97 Å². The summed E-state index contributed by atoms with van der Waals surface area (Å²) in [6.45, 7) is 14.1. The van der Waals surface area contributed by atoms with Crippen LogP contribution in [0.1, 0.15) is 61.3 Å². The van der Waals surface area contributed by atoms with Crippen molar-refractivity contribution in [2.75, 3.05) is 0 Å². The third-order valence-electron chi connectivity index (χ3n) is 2.68. The van der Waals surface area contributed by atoms with Crippen molar-refractivity contribution in [1.29, 1.82) is 0 Å². The lowest BCUT2D eigenvalue weighted by Gasteiger charge is -2.26. The Morgan fingerprint density at radius 3 is 2.06 bits per heavy atom. The molecule has 0 N–H and O–H groups in total. The average molecular weight is 226 g/mol. The molecule has 0 aromatic carbocycles. The minimum absolute atomic E-state index is 0.0751. The van der Waals surface area contributed by atoms with Crippen LogP contribution < -0.4 is 0 Å². The summed E-state index contributed by atoms with van der Waals surface area (Å²) in [7, 11) is 0. The maximum atomic E-state index is 11.6. The summed E-state index contributed by atoms with van der Waals surface area (Å²) in [5.74, 6) is -0.242. The lowest BCUT2D eigenvalue weighted by atomic mass is 9.81. The monoisotopic (exact) mass is 226 g/mol. The molecule has 0 unspecified atom stereocenters. The normalized spacial score (nSPS) is 13.8. The first-order valence-electron chi connectivity index (χ1n) is 6.00. The molecule has 2 heteroatoms. The molecule has 0 spiro atoms. The van der Waals surface area contributed by atoms with Crippen LogP contribution in [-0.2, 0) is 9.53 Å². The number of allylic oxidation sites excluding steroid dienone is 1. The summed E-state index contributed by atoms with van der Waals surface area (Å²) in [5.41, 5.74) is 0.748. The molecule has 16 heavy (non-hydrogen) atoms. The van der Waals surface area contributed by atoms with Gasteiger partial charge in [0.05, 0.1) is 0 Å². The standard InChI is InChI=1S/C14H26O2/c1-8-9-14(6,7)11(2)10-12(15)16-13(3,4)5/h10H,8-9H2,1-7H3/b11-10+. The van der Waals surface area contributed by atoms with E-state index in [9.17, 15) is 4.79 Å². The predicted octanol–water partition coefficient (Wildman–Crippen LogP) is 4.10. The Morgan fingerprint density at radius 2 is 1.69 bits per heavy atom. The van der Waals surface area contributed by atoms with Gasteiger partial charge in [-0.3, -0.25) is 0 Å². The zero-order chi connectivity index (χ0) is 13.0. The summed E-state index contributed by atoms with van der Waals surface area (Å²) in [4.78, 5) is 11.6. The first kappa shape index (κ1) is 15.2. The van der Waals surface area contributed by atoms with Gasteiger partial charge in [-0.15, -0.1) is 0 Å². The van der Waals surface area contributed by atoms with Crippen LogP contribution in [0, 0.1) is 5.41 Å². The quantitative estimate of drug-likeness (QED) is 0.533. The SMILES string of the molecule is CCCC(C)(C)/C(C)=C/C(=O)OC(C)(C)C. The van der Waals surface area contributed by atoms with Gasteiger partial charge in [0.15, 0.2) is 0 Å². The molecule has 0 amide bonds. The number of esters is 1. The van der Waals surface area contributed by atoms with E-state index in [4.69, 9.17) is 4.74 Å². The largest absolute Gasteiger partial charge is 0.457 e. The van der Waals surface area contributed by atoms with Crippen molar-refractivity contribution in [2.45, 2.75) is 66.9 Å². The van der Waals surface area contributed by atoms with Gasteiger partial charge in [-0.25, -0.2) is 4.79 Å². The molecule has 0 saturated heterocycles. The minimum Gasteiger partial charge on any atom is -0.457 e. The summed E-state index contributed by atoms with van der Waals surface area (Å²) < 4.78 is 5.27. The van der Waals surface area contributed by atoms with Gasteiger partial charge < -0.3 is 4.74 Å². The molecule has 2 nitrogen and oxygen atoms in total. The Labute approximate surface area is 100 Å². The summed E-state index contributed by atoms with van der Waals surface area (Å²) in [6, 6.07) is 0. The van der Waals surface area contributed by atoms with Crippen LogP contribution in [0.4, 0.5) is 0 Å². The average Bonchev–Trinajstić information content (AvgIpc) is 1.99. The fourth-order valence-electron chi connectivity index (χ4n) is 1.53. The Hall–Kier alpha value is -0.790. The van der Waals surface area contributed by atoms with Gasteiger partial charge in [-0.2, -0.15) is 0 Å². The smallest absolute Gasteiger partial charge is 0.331 e.